The molecule has 0 aromatic heterocycles. The first-order valence-corrected chi connectivity index (χ1v) is 10.6. The van der Waals surface area contributed by atoms with Gasteiger partial charge in [0.05, 0.1) is 25.5 Å². The first-order valence-electron chi connectivity index (χ1n) is 9.14. The topological polar surface area (TPSA) is 90.0 Å². The van der Waals surface area contributed by atoms with Crippen LogP contribution in [0, 0.1) is 0 Å². The number of nitrogens with zero attached hydrogens (tertiary/aromatic N) is 1. The van der Waals surface area contributed by atoms with Crippen LogP contribution in [-0.4, -0.2) is 45.4 Å². The van der Waals surface area contributed by atoms with E-state index in [0.29, 0.717) is 5.56 Å². The van der Waals surface area contributed by atoms with Gasteiger partial charge in [-0.3, -0.25) is 9.59 Å². The van der Waals surface area contributed by atoms with Crippen molar-refractivity contribution in [3.05, 3.63) is 65.7 Å². The molecule has 0 aliphatic heterocycles. The van der Waals surface area contributed by atoms with E-state index < -0.39 is 22.0 Å². The molecule has 7 nitrogen and oxygen atoms in total. The van der Waals surface area contributed by atoms with Crippen molar-refractivity contribution in [1.29, 1.82) is 0 Å². The molecular weight excluding hydrogens is 394 g/mol. The van der Waals surface area contributed by atoms with Gasteiger partial charge in [0.25, 0.3) is 0 Å². The molecule has 0 amide bonds. The Hall–Kier alpha value is -2.71. The zero-order valence-corrected chi connectivity index (χ0v) is 17.4. The lowest BCUT2D eigenvalue weighted by atomic mass is 10.1. The normalized spacial score (nSPS) is 11.3. The highest BCUT2D eigenvalue weighted by molar-refractivity contribution is 7.89. The van der Waals surface area contributed by atoms with Crippen LogP contribution in [0.25, 0.3) is 0 Å². The van der Waals surface area contributed by atoms with E-state index in [-0.39, 0.29) is 37.2 Å². The number of rotatable bonds is 10. The Morgan fingerprint density at radius 1 is 0.862 bits per heavy atom. The summed E-state index contributed by atoms with van der Waals surface area (Å²) in [4.78, 5) is 23.2. The fourth-order valence-electron chi connectivity index (χ4n) is 2.83. The average molecular weight is 419 g/mol. The minimum absolute atomic E-state index is 0.0186. The lowest BCUT2D eigenvalue weighted by Gasteiger charge is -2.23. The molecule has 0 unspecified atom stereocenters. The van der Waals surface area contributed by atoms with Crippen molar-refractivity contribution in [2.75, 3.05) is 20.8 Å². The number of sulfonamides is 1. The van der Waals surface area contributed by atoms with Crippen molar-refractivity contribution >= 4 is 22.0 Å². The summed E-state index contributed by atoms with van der Waals surface area (Å²) in [6, 6.07) is 15.7. The van der Waals surface area contributed by atoms with Gasteiger partial charge in [0.1, 0.15) is 0 Å². The van der Waals surface area contributed by atoms with Crippen LogP contribution >= 0.6 is 0 Å². The van der Waals surface area contributed by atoms with Crippen LogP contribution < -0.4 is 0 Å². The van der Waals surface area contributed by atoms with Gasteiger partial charge in [-0.2, -0.15) is 4.31 Å². The zero-order chi connectivity index (χ0) is 21.3. The number of hydrogen-bond acceptors (Lipinski definition) is 6. The maximum atomic E-state index is 13.4. The van der Waals surface area contributed by atoms with Crippen LogP contribution in [-0.2, 0) is 42.1 Å². The Morgan fingerprint density at radius 2 is 1.45 bits per heavy atom. The van der Waals surface area contributed by atoms with Crippen molar-refractivity contribution in [3.63, 3.8) is 0 Å². The Bertz CT molecular complexity index is 927. The van der Waals surface area contributed by atoms with Gasteiger partial charge < -0.3 is 9.47 Å². The van der Waals surface area contributed by atoms with E-state index in [1.807, 2.05) is 30.3 Å². The van der Waals surface area contributed by atoms with Crippen molar-refractivity contribution < 1.29 is 27.5 Å². The van der Waals surface area contributed by atoms with Crippen molar-refractivity contribution in [1.82, 2.24) is 4.31 Å². The number of carbonyl (C=O) groups excluding carboxylic acids is 2. The van der Waals surface area contributed by atoms with Crippen LogP contribution in [0.2, 0.25) is 0 Å². The van der Waals surface area contributed by atoms with E-state index in [4.69, 9.17) is 0 Å². The lowest BCUT2D eigenvalue weighted by molar-refractivity contribution is -0.141. The minimum Gasteiger partial charge on any atom is -0.469 e. The lowest BCUT2D eigenvalue weighted by Crippen LogP contribution is -2.33. The molecule has 0 saturated carbocycles. The van der Waals surface area contributed by atoms with Crippen molar-refractivity contribution in [3.8, 4) is 0 Å². The number of methoxy groups -OCH3 is 2. The summed E-state index contributed by atoms with van der Waals surface area (Å²) in [5, 5.41) is 0. The Balaban J connectivity index is 2.35. The van der Waals surface area contributed by atoms with Gasteiger partial charge in [0, 0.05) is 19.5 Å². The smallest absolute Gasteiger partial charge is 0.306 e. The monoisotopic (exact) mass is 419 g/mol. The molecule has 29 heavy (non-hydrogen) atoms. The van der Waals surface area contributed by atoms with Crippen LogP contribution in [0.3, 0.4) is 0 Å². The molecule has 2 aromatic carbocycles. The summed E-state index contributed by atoms with van der Waals surface area (Å²) in [6.45, 7) is 0.0980. The second-order valence-corrected chi connectivity index (χ2v) is 8.24. The molecule has 0 fully saturated rings. The van der Waals surface area contributed by atoms with Crippen molar-refractivity contribution in [2.45, 2.75) is 30.7 Å². The summed E-state index contributed by atoms with van der Waals surface area (Å²) in [7, 11) is -1.36. The fraction of sp³-hybridized carbons (Fsp3) is 0.333. The predicted molar refractivity (Wildman–Crippen MR) is 107 cm³/mol. The number of ether oxygens (including phenoxy) is 2. The molecule has 0 aliphatic rings. The quantitative estimate of drug-likeness (QED) is 0.550. The molecule has 0 bridgehead atoms. The third-order valence-corrected chi connectivity index (χ3v) is 6.36. The van der Waals surface area contributed by atoms with Gasteiger partial charge in [-0.05, 0) is 23.6 Å². The maximum absolute atomic E-state index is 13.4. The number of carbonyl (C=O) groups is 2. The van der Waals surface area contributed by atoms with Crippen LogP contribution in [0.5, 0.6) is 0 Å². The van der Waals surface area contributed by atoms with Gasteiger partial charge in [0.2, 0.25) is 10.0 Å². The Labute approximate surface area is 171 Å². The van der Waals surface area contributed by atoms with Gasteiger partial charge in [-0.1, -0.05) is 48.5 Å². The highest BCUT2D eigenvalue weighted by Crippen LogP contribution is 2.23. The minimum atomic E-state index is -3.91. The van der Waals surface area contributed by atoms with E-state index in [0.717, 1.165) is 5.56 Å². The van der Waals surface area contributed by atoms with Gasteiger partial charge in [-0.25, -0.2) is 8.42 Å². The molecule has 0 aliphatic carbocycles. The van der Waals surface area contributed by atoms with E-state index in [2.05, 4.69) is 9.47 Å². The summed E-state index contributed by atoms with van der Waals surface area (Å²) in [5.74, 6) is -0.902. The number of aryl methyl sites for hydroxylation is 1. The molecule has 156 valence electrons. The van der Waals surface area contributed by atoms with E-state index >= 15 is 0 Å². The molecule has 0 spiro atoms. The highest BCUT2D eigenvalue weighted by atomic mass is 32.2. The molecule has 8 heteroatoms. The van der Waals surface area contributed by atoms with E-state index in [9.17, 15) is 18.0 Å². The summed E-state index contributed by atoms with van der Waals surface area (Å²) in [6.07, 6.45) is 0.245. The summed E-state index contributed by atoms with van der Waals surface area (Å²) < 4.78 is 37.4. The van der Waals surface area contributed by atoms with Gasteiger partial charge in [0.15, 0.2) is 0 Å². The fourth-order valence-corrected chi connectivity index (χ4v) is 4.51. The standard InChI is InChI=1S/C21H25NO6S/c1-27-20(23)13-12-18-10-6-7-11-19(18)29(25,26)22(15-14-21(24)28-2)16-17-8-4-3-5-9-17/h3-11H,12-16H2,1-2H3. The molecule has 0 atom stereocenters. The second-order valence-electron chi connectivity index (χ2n) is 6.33. The number of benzene rings is 2. The maximum Gasteiger partial charge on any atom is 0.306 e. The molecular formula is C21H25NO6S. The first-order chi connectivity index (χ1) is 13.9. The Morgan fingerprint density at radius 3 is 2.10 bits per heavy atom. The number of hydrogen-bond donors (Lipinski definition) is 0. The second kappa shape index (κ2) is 10.7. The third kappa shape index (κ3) is 6.40. The van der Waals surface area contributed by atoms with Gasteiger partial charge in [-0.15, -0.1) is 0 Å². The van der Waals surface area contributed by atoms with E-state index in [1.165, 1.54) is 24.6 Å². The molecule has 0 heterocycles. The van der Waals surface area contributed by atoms with Crippen LogP contribution in [0.15, 0.2) is 59.5 Å². The first kappa shape index (κ1) is 22.6. The third-order valence-electron chi connectivity index (χ3n) is 4.41. The molecule has 2 aromatic rings. The molecule has 0 N–H and O–H groups in total. The Kier molecular flexibility index (Phi) is 8.35. The average Bonchev–Trinajstić information content (AvgIpc) is 2.75. The molecule has 2 rings (SSSR count). The largest absolute Gasteiger partial charge is 0.469 e. The SMILES string of the molecule is COC(=O)CCc1ccccc1S(=O)(=O)N(CCC(=O)OC)Cc1ccccc1. The molecule has 0 saturated heterocycles. The van der Waals surface area contributed by atoms with Crippen molar-refractivity contribution in [2.24, 2.45) is 0 Å². The van der Waals surface area contributed by atoms with Gasteiger partial charge >= 0.3 is 11.9 Å². The molecule has 0 radical (unpaired) electrons. The summed E-state index contributed by atoms with van der Waals surface area (Å²) >= 11 is 0. The summed E-state index contributed by atoms with van der Waals surface area (Å²) in [5.41, 5.74) is 1.32. The van der Waals surface area contributed by atoms with Crippen LogP contribution in [0.4, 0.5) is 0 Å². The predicted octanol–water partition coefficient (Wildman–Crippen LogP) is 2.55. The zero-order valence-electron chi connectivity index (χ0n) is 16.5. The number of esters is 2. The van der Waals surface area contributed by atoms with E-state index in [1.54, 1.807) is 18.2 Å². The van der Waals surface area contributed by atoms with Crippen LogP contribution in [0.1, 0.15) is 24.0 Å². The highest BCUT2D eigenvalue weighted by Gasteiger charge is 2.27.